The van der Waals surface area contributed by atoms with Crippen molar-refractivity contribution in [2.45, 2.75) is 64.3 Å². The fourth-order valence-corrected chi connectivity index (χ4v) is 6.95. The maximum absolute atomic E-state index is 15.1. The van der Waals surface area contributed by atoms with E-state index in [1.165, 1.54) is 12.4 Å². The van der Waals surface area contributed by atoms with Crippen LogP contribution in [0.25, 0.3) is 0 Å². The zero-order valence-corrected chi connectivity index (χ0v) is 27.5. The number of carbonyl (C=O) groups excluding carboxylic acids is 1. The number of halogens is 1. The highest BCUT2D eigenvalue weighted by molar-refractivity contribution is 6.02. The lowest BCUT2D eigenvalue weighted by Gasteiger charge is -2.44. The zero-order chi connectivity index (χ0) is 33.1. The summed E-state index contributed by atoms with van der Waals surface area (Å²) >= 11 is 0. The minimum absolute atomic E-state index is 0.230. The molecule has 3 aliphatic rings. The largest absolute Gasteiger partial charge is 0.494 e. The number of nitrogens with zero attached hydrogens (tertiary/aromatic N) is 5. The molecule has 0 unspecified atom stereocenters. The maximum atomic E-state index is 15.1. The number of morpholine rings is 1. The number of aromatic nitrogens is 2. The number of piperidine rings is 1. The molecule has 3 fully saturated rings. The summed E-state index contributed by atoms with van der Waals surface area (Å²) in [6.45, 7) is 13.7. The topological polar surface area (TPSA) is 104 Å². The summed E-state index contributed by atoms with van der Waals surface area (Å²) < 4.78 is 26.9. The minimum Gasteiger partial charge on any atom is -0.494 e. The average molecular weight is 646 g/mol. The smallest absolute Gasteiger partial charge is 0.247 e. The first-order chi connectivity index (χ1) is 22.7. The number of amides is 1. The molecule has 11 nitrogen and oxygen atoms in total. The Morgan fingerprint density at radius 3 is 2.57 bits per heavy atom. The van der Waals surface area contributed by atoms with Crippen molar-refractivity contribution in [1.29, 1.82) is 0 Å². The maximum Gasteiger partial charge on any atom is 0.247 e. The summed E-state index contributed by atoms with van der Waals surface area (Å²) in [6, 6.07) is 11.1. The number of nitrogens with one attached hydrogen (secondary N) is 2. The molecule has 3 atom stereocenters. The van der Waals surface area contributed by atoms with E-state index in [1.54, 1.807) is 37.3 Å². The first-order valence-electron chi connectivity index (χ1n) is 16.3. The molecule has 2 aromatic carbocycles. The molecule has 2 N–H and O–H groups in total. The Hall–Kier alpha value is -4.26. The van der Waals surface area contributed by atoms with Crippen LogP contribution in [0, 0.1) is 12.7 Å². The Morgan fingerprint density at radius 2 is 1.85 bits per heavy atom. The highest BCUT2D eigenvalue weighted by Gasteiger charge is 2.33. The van der Waals surface area contributed by atoms with E-state index in [-0.39, 0.29) is 30.0 Å². The molecule has 3 saturated heterocycles. The molecule has 4 heterocycles. The summed E-state index contributed by atoms with van der Waals surface area (Å²) in [5.41, 5.74) is 3.27. The van der Waals surface area contributed by atoms with Gasteiger partial charge in [0.05, 0.1) is 49.0 Å². The van der Waals surface area contributed by atoms with E-state index >= 15 is 4.39 Å². The summed E-state index contributed by atoms with van der Waals surface area (Å²) in [4.78, 5) is 32.2. The van der Waals surface area contributed by atoms with Crippen molar-refractivity contribution in [2.24, 2.45) is 0 Å². The van der Waals surface area contributed by atoms with Gasteiger partial charge in [-0.3, -0.25) is 14.5 Å². The van der Waals surface area contributed by atoms with E-state index in [2.05, 4.69) is 50.8 Å². The van der Waals surface area contributed by atoms with E-state index in [4.69, 9.17) is 14.3 Å². The van der Waals surface area contributed by atoms with Gasteiger partial charge in [0.15, 0.2) is 5.82 Å². The van der Waals surface area contributed by atoms with Crippen LogP contribution >= 0.6 is 0 Å². The number of carbonyl (C=O) groups is 1. The zero-order valence-electron chi connectivity index (χ0n) is 27.5. The summed E-state index contributed by atoms with van der Waals surface area (Å²) in [7, 11) is 1.61. The number of anilines is 5. The van der Waals surface area contributed by atoms with Crippen LogP contribution in [0.15, 0.2) is 55.4 Å². The first-order valence-corrected chi connectivity index (χ1v) is 16.3. The predicted octanol–water partition coefficient (Wildman–Crippen LogP) is 5.76. The van der Waals surface area contributed by atoms with E-state index in [0.29, 0.717) is 59.0 Å². The van der Waals surface area contributed by atoms with E-state index in [9.17, 15) is 4.79 Å². The highest BCUT2D eigenvalue weighted by Crippen LogP contribution is 2.41. The minimum atomic E-state index is -0.327. The van der Waals surface area contributed by atoms with Crippen molar-refractivity contribution in [3.63, 3.8) is 0 Å². The summed E-state index contributed by atoms with van der Waals surface area (Å²) in [6.07, 6.45) is 5.79. The number of methoxy groups -OCH3 is 1. The molecule has 6 rings (SSSR count). The fraction of sp³-hybridized carbons (Fsp3) is 0.457. The molecule has 3 aliphatic heterocycles. The molecule has 0 aliphatic carbocycles. The molecule has 1 aromatic heterocycles. The molecule has 3 aromatic rings. The Morgan fingerprint density at radius 1 is 1.09 bits per heavy atom. The summed E-state index contributed by atoms with van der Waals surface area (Å²) in [5.74, 6) is 1.02. The van der Waals surface area contributed by atoms with Crippen LogP contribution in [0.4, 0.5) is 33.1 Å². The number of benzene rings is 2. The molecule has 0 saturated carbocycles. The Bertz CT molecular complexity index is 1590. The molecule has 47 heavy (non-hydrogen) atoms. The second kappa shape index (κ2) is 14.2. The van der Waals surface area contributed by atoms with Gasteiger partial charge < -0.3 is 25.0 Å². The van der Waals surface area contributed by atoms with Crippen molar-refractivity contribution in [3.8, 4) is 5.75 Å². The van der Waals surface area contributed by atoms with Crippen LogP contribution in [0.3, 0.4) is 0 Å². The van der Waals surface area contributed by atoms with Gasteiger partial charge in [-0.05, 0) is 51.3 Å². The third-order valence-corrected chi connectivity index (χ3v) is 9.16. The summed E-state index contributed by atoms with van der Waals surface area (Å²) in [5, 5.41) is 7.97. The van der Waals surface area contributed by atoms with Gasteiger partial charge >= 0.3 is 0 Å². The van der Waals surface area contributed by atoms with Crippen LogP contribution < -0.4 is 25.3 Å². The molecule has 250 valence electrons. The van der Waals surface area contributed by atoms with Crippen molar-refractivity contribution in [2.75, 3.05) is 60.5 Å². The molecule has 0 bridgehead atoms. The van der Waals surface area contributed by atoms with Gasteiger partial charge in [-0.25, -0.2) is 19.4 Å². The van der Waals surface area contributed by atoms with Gasteiger partial charge in [0.25, 0.3) is 0 Å². The molecule has 1 amide bonds. The molecular formula is C35H44FN7O4. The second-order valence-corrected chi connectivity index (χ2v) is 12.5. The lowest BCUT2D eigenvalue weighted by atomic mass is 10.00. The number of hydrogen-bond donors (Lipinski definition) is 2. The third-order valence-electron chi connectivity index (χ3n) is 9.16. The van der Waals surface area contributed by atoms with E-state index in [1.807, 2.05) is 18.2 Å². The van der Waals surface area contributed by atoms with Crippen molar-refractivity contribution >= 4 is 34.6 Å². The third kappa shape index (κ3) is 7.19. The number of rotatable bonds is 9. The molecule has 0 radical (unpaired) electrons. The van der Waals surface area contributed by atoms with Gasteiger partial charge in [0.1, 0.15) is 23.7 Å². The molecule has 0 spiro atoms. The van der Waals surface area contributed by atoms with Gasteiger partial charge in [-0.1, -0.05) is 24.8 Å². The van der Waals surface area contributed by atoms with Crippen LogP contribution in [0.5, 0.6) is 5.75 Å². The molecular weight excluding hydrogens is 601 g/mol. The van der Waals surface area contributed by atoms with Crippen molar-refractivity contribution in [1.82, 2.24) is 14.9 Å². The lowest BCUT2D eigenvalue weighted by Crippen LogP contribution is -2.53. The normalized spacial score (nSPS) is 22.3. The van der Waals surface area contributed by atoms with Crippen LogP contribution in [0.1, 0.15) is 50.3 Å². The number of hydroxylamine groups is 1. The van der Waals surface area contributed by atoms with E-state index in [0.717, 1.165) is 44.7 Å². The number of ether oxygens (including phenoxy) is 2. The Labute approximate surface area is 275 Å². The number of aryl methyl sites for hydroxylation is 1. The van der Waals surface area contributed by atoms with Gasteiger partial charge in [-0.15, -0.1) is 0 Å². The van der Waals surface area contributed by atoms with Crippen LogP contribution in [-0.4, -0.2) is 78.9 Å². The Balaban J connectivity index is 1.23. The Kier molecular flexibility index (Phi) is 9.90. The van der Waals surface area contributed by atoms with Crippen molar-refractivity contribution < 1.29 is 23.5 Å². The fourth-order valence-electron chi connectivity index (χ4n) is 6.95. The standard InChI is InChI=1S/C35H44FN7O4/c1-6-34(44)40-27-16-28(31(45-5)17-30(27)41-13-10-25(11-14-41)42-19-23(3)47-24(4)20-42)39-32-18-33(38-21-37-32)43-29(12-15-46-43)26-9-7-8-22(2)35(26)36/h6-9,16-18,21,23-25,29H,1,10-15,19-20H2,2-5H3,(H,40,44)(H,37,38,39)/t23-,24+,29-/m1/s1. The SMILES string of the molecule is C=CC(=O)Nc1cc(Nc2cc(N3OCC[C@@H]3c3cccc(C)c3F)ncn2)c(OC)cc1N1CCC(N2C[C@@H](C)O[C@@H](C)C2)CC1. The first kappa shape index (κ1) is 32.7. The van der Waals surface area contributed by atoms with Gasteiger partial charge in [0.2, 0.25) is 5.91 Å². The van der Waals surface area contributed by atoms with Gasteiger partial charge in [-0.2, -0.15) is 0 Å². The van der Waals surface area contributed by atoms with E-state index < -0.39 is 0 Å². The quantitative estimate of drug-likeness (QED) is 0.279. The monoisotopic (exact) mass is 645 g/mol. The molecule has 12 heteroatoms. The van der Waals surface area contributed by atoms with Gasteiger partial charge in [0, 0.05) is 56.3 Å². The predicted molar refractivity (Wildman–Crippen MR) is 181 cm³/mol. The average Bonchev–Trinajstić information content (AvgIpc) is 3.56. The van der Waals surface area contributed by atoms with Crippen molar-refractivity contribution in [3.05, 3.63) is 72.3 Å². The van der Waals surface area contributed by atoms with Crippen LogP contribution in [0.2, 0.25) is 0 Å². The highest BCUT2D eigenvalue weighted by atomic mass is 19.1. The lowest BCUT2D eigenvalue weighted by molar-refractivity contribution is -0.111. The second-order valence-electron chi connectivity index (χ2n) is 12.5. The number of hydrogen-bond acceptors (Lipinski definition) is 10. The van der Waals surface area contributed by atoms with Crippen LogP contribution in [-0.2, 0) is 14.4 Å².